The Labute approximate surface area is 254 Å². The highest BCUT2D eigenvalue weighted by molar-refractivity contribution is 7.92. The van der Waals surface area contributed by atoms with Gasteiger partial charge in [-0.25, -0.2) is 26.5 Å². The SMILES string of the molecule is CCOC1(CN(C)C)CCN(c2cc(F)c(S(=O)(=O)N(Cc3ccc(OC)cc3OC)c3cccc(F)n3)c(F)c2Cl)C1. The van der Waals surface area contributed by atoms with Gasteiger partial charge in [0.15, 0.2) is 10.7 Å². The maximum Gasteiger partial charge on any atom is 0.271 e. The maximum absolute atomic E-state index is 16.0. The van der Waals surface area contributed by atoms with E-state index < -0.39 is 55.5 Å². The van der Waals surface area contributed by atoms with Gasteiger partial charge in [0.05, 0.1) is 32.1 Å². The van der Waals surface area contributed by atoms with Crippen molar-refractivity contribution in [2.75, 3.05) is 63.8 Å². The molecule has 0 bridgehead atoms. The second-order valence-corrected chi connectivity index (χ2v) is 12.5. The average Bonchev–Trinajstić information content (AvgIpc) is 3.36. The minimum Gasteiger partial charge on any atom is -0.497 e. The Morgan fingerprint density at radius 2 is 1.84 bits per heavy atom. The van der Waals surface area contributed by atoms with Crippen molar-refractivity contribution in [1.82, 2.24) is 9.88 Å². The van der Waals surface area contributed by atoms with Gasteiger partial charge in [0.2, 0.25) is 5.95 Å². The van der Waals surface area contributed by atoms with Crippen LogP contribution in [0.25, 0.3) is 0 Å². The van der Waals surface area contributed by atoms with Gasteiger partial charge >= 0.3 is 0 Å². The Morgan fingerprint density at radius 1 is 1.09 bits per heavy atom. The van der Waals surface area contributed by atoms with Gasteiger partial charge in [-0.15, -0.1) is 0 Å². The highest BCUT2D eigenvalue weighted by Gasteiger charge is 2.42. The number of methoxy groups -OCH3 is 2. The van der Waals surface area contributed by atoms with Gasteiger partial charge in [0.1, 0.15) is 28.2 Å². The second-order valence-electron chi connectivity index (χ2n) is 10.4. The Bertz CT molecular complexity index is 1580. The molecule has 0 N–H and O–H groups in total. The quantitative estimate of drug-likeness (QED) is 0.199. The van der Waals surface area contributed by atoms with E-state index in [-0.39, 0.29) is 11.4 Å². The number of nitrogens with zero attached hydrogens (tertiary/aromatic N) is 4. The number of likely N-dealkylation sites (N-methyl/N-ethyl adjacent to an activating group) is 1. The number of hydrogen-bond donors (Lipinski definition) is 0. The van der Waals surface area contributed by atoms with Crippen LogP contribution in [0.3, 0.4) is 0 Å². The van der Waals surface area contributed by atoms with E-state index in [0.717, 1.165) is 12.1 Å². The number of rotatable bonds is 12. The number of hydrogen-bond acceptors (Lipinski definition) is 8. The van der Waals surface area contributed by atoms with E-state index in [1.807, 2.05) is 25.9 Å². The fraction of sp³-hybridized carbons (Fsp3) is 0.414. The van der Waals surface area contributed by atoms with Gasteiger partial charge < -0.3 is 24.0 Å². The first kappa shape index (κ1) is 32.6. The zero-order valence-electron chi connectivity index (χ0n) is 24.5. The van der Waals surface area contributed by atoms with Crippen LogP contribution in [0.4, 0.5) is 24.7 Å². The smallest absolute Gasteiger partial charge is 0.271 e. The van der Waals surface area contributed by atoms with Crippen molar-refractivity contribution < 1.29 is 35.8 Å². The van der Waals surface area contributed by atoms with Gasteiger partial charge in [0.25, 0.3) is 10.0 Å². The van der Waals surface area contributed by atoms with E-state index in [1.54, 1.807) is 11.0 Å². The molecule has 9 nitrogen and oxygen atoms in total. The highest BCUT2D eigenvalue weighted by atomic mass is 35.5. The van der Waals surface area contributed by atoms with Crippen molar-refractivity contribution in [2.45, 2.75) is 30.4 Å². The fourth-order valence-corrected chi connectivity index (χ4v) is 7.17. The van der Waals surface area contributed by atoms with Crippen molar-refractivity contribution in [3.8, 4) is 11.5 Å². The van der Waals surface area contributed by atoms with Crippen molar-refractivity contribution in [2.24, 2.45) is 0 Å². The topological polar surface area (TPSA) is 84.4 Å². The molecule has 0 aliphatic carbocycles. The summed E-state index contributed by atoms with van der Waals surface area (Å²) in [6.45, 7) is 3.05. The largest absolute Gasteiger partial charge is 0.497 e. The molecule has 1 atom stereocenters. The lowest BCUT2D eigenvalue weighted by Gasteiger charge is -2.32. The summed E-state index contributed by atoms with van der Waals surface area (Å²) >= 11 is 6.42. The third-order valence-corrected chi connectivity index (χ3v) is 9.27. The van der Waals surface area contributed by atoms with E-state index in [0.29, 0.717) is 48.3 Å². The summed E-state index contributed by atoms with van der Waals surface area (Å²) in [5, 5.41) is -0.564. The summed E-state index contributed by atoms with van der Waals surface area (Å²) in [6.07, 6.45) is 0.571. The fourth-order valence-electron chi connectivity index (χ4n) is 5.33. The summed E-state index contributed by atoms with van der Waals surface area (Å²) < 4.78 is 91.3. The van der Waals surface area contributed by atoms with Crippen molar-refractivity contribution in [3.05, 3.63) is 70.6 Å². The molecule has 4 rings (SSSR count). The third-order valence-electron chi connectivity index (χ3n) is 7.12. The zero-order chi connectivity index (χ0) is 31.5. The average molecular weight is 643 g/mol. The number of halogens is 4. The molecule has 1 aliphatic rings. The van der Waals surface area contributed by atoms with Crippen molar-refractivity contribution >= 4 is 33.1 Å². The Morgan fingerprint density at radius 3 is 2.47 bits per heavy atom. The minimum absolute atomic E-state index is 0.00297. The lowest BCUT2D eigenvalue weighted by Crippen LogP contribution is -2.45. The molecule has 14 heteroatoms. The van der Waals surface area contributed by atoms with Crippen molar-refractivity contribution in [3.63, 3.8) is 0 Å². The number of pyridine rings is 1. The van der Waals surface area contributed by atoms with Crippen LogP contribution >= 0.6 is 11.6 Å². The number of anilines is 2. The van der Waals surface area contributed by atoms with Crippen LogP contribution < -0.4 is 18.7 Å². The molecule has 0 radical (unpaired) electrons. The molecule has 0 amide bonds. The van der Waals surface area contributed by atoms with Gasteiger partial charge in [-0.2, -0.15) is 4.39 Å². The normalized spacial score (nSPS) is 17.0. The first-order valence-electron chi connectivity index (χ1n) is 13.4. The Hall–Kier alpha value is -3.26. The predicted molar refractivity (Wildman–Crippen MR) is 158 cm³/mol. The van der Waals surface area contributed by atoms with Crippen molar-refractivity contribution in [1.29, 1.82) is 0 Å². The molecular weight excluding hydrogens is 609 g/mol. The number of ether oxygens (including phenoxy) is 3. The molecule has 234 valence electrons. The molecular formula is C29H34ClF3N4O5S. The lowest BCUT2D eigenvalue weighted by atomic mass is 10.0. The van der Waals surface area contributed by atoms with Crippen LogP contribution in [-0.2, 0) is 21.3 Å². The molecule has 0 saturated carbocycles. The zero-order valence-corrected chi connectivity index (χ0v) is 26.1. The standard InChI is InChI=1S/C29H34ClF3N4O5S/c1-6-42-29(17-35(2)3)12-13-36(18-29)22-15-21(31)28(27(33)26(22)30)43(38,39)37(25-9-7-8-24(32)34-25)16-19-10-11-20(40-4)14-23(19)41-5/h7-11,14-15H,6,12-13,16-18H2,1-5H3. The summed E-state index contributed by atoms with van der Waals surface area (Å²) in [5.74, 6) is -3.56. The summed E-state index contributed by atoms with van der Waals surface area (Å²) in [5.41, 5.74) is -0.300. The van der Waals surface area contributed by atoms with Gasteiger partial charge in [-0.3, -0.25) is 0 Å². The monoisotopic (exact) mass is 642 g/mol. The van der Waals surface area contributed by atoms with E-state index in [9.17, 15) is 12.8 Å². The first-order chi connectivity index (χ1) is 20.4. The van der Waals surface area contributed by atoms with Gasteiger partial charge in [-0.1, -0.05) is 17.7 Å². The molecule has 2 aromatic carbocycles. The molecule has 1 aromatic heterocycles. The molecule has 43 heavy (non-hydrogen) atoms. The summed E-state index contributed by atoms with van der Waals surface area (Å²) in [6, 6.07) is 8.97. The molecule has 3 aromatic rings. The van der Waals surface area contributed by atoms with E-state index >= 15 is 8.78 Å². The molecule has 1 saturated heterocycles. The molecule has 0 spiro atoms. The maximum atomic E-state index is 16.0. The van der Waals surface area contributed by atoms with E-state index in [2.05, 4.69) is 4.98 Å². The molecule has 1 fully saturated rings. The van der Waals surface area contributed by atoms with Crippen LogP contribution in [0.2, 0.25) is 5.02 Å². The minimum atomic E-state index is -5.05. The highest BCUT2D eigenvalue weighted by Crippen LogP contribution is 2.40. The lowest BCUT2D eigenvalue weighted by molar-refractivity contribution is -0.0375. The van der Waals surface area contributed by atoms with Crippen LogP contribution in [-0.4, -0.2) is 78.5 Å². The molecule has 1 aliphatic heterocycles. The van der Waals surface area contributed by atoms with Gasteiger partial charge in [-0.05, 0) is 51.7 Å². The number of aromatic nitrogens is 1. The number of sulfonamides is 1. The summed E-state index contributed by atoms with van der Waals surface area (Å²) in [7, 11) is 1.56. The Balaban J connectivity index is 1.79. The second kappa shape index (κ2) is 13.2. The summed E-state index contributed by atoms with van der Waals surface area (Å²) in [4.78, 5) is 6.03. The van der Waals surface area contributed by atoms with Crippen LogP contribution in [0.5, 0.6) is 11.5 Å². The predicted octanol–water partition coefficient (Wildman–Crippen LogP) is 5.11. The van der Waals surface area contributed by atoms with Crippen LogP contribution in [0.1, 0.15) is 18.9 Å². The Kier molecular flexibility index (Phi) is 10.00. The van der Waals surface area contributed by atoms with Crippen LogP contribution in [0, 0.1) is 17.6 Å². The van der Waals surface area contributed by atoms with Gasteiger partial charge in [0, 0.05) is 43.9 Å². The van der Waals surface area contributed by atoms with E-state index in [4.69, 9.17) is 25.8 Å². The van der Waals surface area contributed by atoms with Crippen LogP contribution in [0.15, 0.2) is 47.4 Å². The first-order valence-corrected chi connectivity index (χ1v) is 15.2. The van der Waals surface area contributed by atoms with E-state index in [1.165, 1.54) is 38.5 Å². The third kappa shape index (κ3) is 6.79. The molecule has 2 heterocycles. The molecule has 1 unspecified atom stereocenters. The number of benzene rings is 2.